The molecule has 1 aromatic heterocycles. The molecule has 0 bridgehead atoms. The van der Waals surface area contributed by atoms with Gasteiger partial charge in [0.2, 0.25) is 5.91 Å². The standard InChI is InChI=1S/C25H24N4O3S2/c1-28-23(19-10-5-3-6-11-19)17-26-25(28)33-18-24(30)27-20-12-9-15-22(16-20)34(31,32)29(2)21-13-7-4-8-14-21/h3-17H,18H2,1-2H3,(H,27,30). The van der Waals surface area contributed by atoms with Crippen LogP contribution in [0.5, 0.6) is 0 Å². The van der Waals surface area contributed by atoms with Gasteiger partial charge in [-0.2, -0.15) is 0 Å². The predicted molar refractivity (Wildman–Crippen MR) is 136 cm³/mol. The first-order valence-corrected chi connectivity index (χ1v) is 12.9. The number of sulfonamides is 1. The Kier molecular flexibility index (Phi) is 7.04. The maximum absolute atomic E-state index is 13.0. The molecule has 0 aliphatic heterocycles. The summed E-state index contributed by atoms with van der Waals surface area (Å²) in [5.74, 6) is -0.111. The van der Waals surface area contributed by atoms with Gasteiger partial charge in [-0.1, -0.05) is 66.4 Å². The van der Waals surface area contributed by atoms with Crippen molar-refractivity contribution in [2.75, 3.05) is 22.4 Å². The Bertz CT molecular complexity index is 1390. The number of nitrogens with one attached hydrogen (secondary N) is 1. The van der Waals surface area contributed by atoms with E-state index in [1.807, 2.05) is 48.0 Å². The molecule has 0 aliphatic rings. The number of rotatable bonds is 8. The molecule has 0 aliphatic carbocycles. The number of para-hydroxylation sites is 1. The zero-order valence-electron chi connectivity index (χ0n) is 18.8. The third kappa shape index (κ3) is 5.16. The monoisotopic (exact) mass is 492 g/mol. The minimum absolute atomic E-state index is 0.0981. The van der Waals surface area contributed by atoms with Gasteiger partial charge in [0.25, 0.3) is 10.0 Å². The van der Waals surface area contributed by atoms with Gasteiger partial charge in [-0.15, -0.1) is 0 Å². The molecule has 0 spiro atoms. The molecule has 0 saturated carbocycles. The molecule has 0 atom stereocenters. The van der Waals surface area contributed by atoms with E-state index in [0.717, 1.165) is 16.4 Å². The zero-order valence-corrected chi connectivity index (χ0v) is 20.4. The summed E-state index contributed by atoms with van der Waals surface area (Å²) in [5, 5.41) is 3.50. The SMILES string of the molecule is CN(c1ccccc1)S(=O)(=O)c1cccc(NC(=O)CSc2ncc(-c3ccccc3)n2C)c1. The first kappa shape index (κ1) is 23.6. The molecular formula is C25H24N4O3S2. The number of anilines is 2. The highest BCUT2D eigenvalue weighted by Gasteiger charge is 2.21. The van der Waals surface area contributed by atoms with Crippen LogP contribution in [-0.2, 0) is 21.9 Å². The van der Waals surface area contributed by atoms with E-state index in [0.29, 0.717) is 11.4 Å². The second kappa shape index (κ2) is 10.1. The summed E-state index contributed by atoms with van der Waals surface area (Å²) in [6.07, 6.45) is 1.78. The molecule has 0 radical (unpaired) electrons. The molecule has 3 aromatic carbocycles. The average Bonchev–Trinajstić information content (AvgIpc) is 3.23. The van der Waals surface area contributed by atoms with Gasteiger partial charge in [0, 0.05) is 19.8 Å². The first-order chi connectivity index (χ1) is 16.4. The molecule has 1 amide bonds. The van der Waals surface area contributed by atoms with Crippen LogP contribution in [0.3, 0.4) is 0 Å². The molecule has 1 N–H and O–H groups in total. The van der Waals surface area contributed by atoms with Crippen molar-refractivity contribution in [3.8, 4) is 11.3 Å². The molecule has 174 valence electrons. The lowest BCUT2D eigenvalue weighted by molar-refractivity contribution is -0.113. The number of nitrogens with zero attached hydrogens (tertiary/aromatic N) is 3. The van der Waals surface area contributed by atoms with Gasteiger partial charge >= 0.3 is 0 Å². The van der Waals surface area contributed by atoms with Crippen molar-refractivity contribution in [2.45, 2.75) is 10.1 Å². The quantitative estimate of drug-likeness (QED) is 0.362. The highest BCUT2D eigenvalue weighted by Crippen LogP contribution is 2.26. The van der Waals surface area contributed by atoms with Crippen LogP contribution in [0.2, 0.25) is 0 Å². The fraction of sp³-hybridized carbons (Fsp3) is 0.120. The number of aromatic nitrogens is 2. The third-order valence-electron chi connectivity index (χ3n) is 5.24. The summed E-state index contributed by atoms with van der Waals surface area (Å²) in [6.45, 7) is 0. The lowest BCUT2D eigenvalue weighted by Crippen LogP contribution is -2.26. The number of benzene rings is 3. The van der Waals surface area contributed by atoms with Crippen LogP contribution in [0.25, 0.3) is 11.3 Å². The molecule has 4 rings (SSSR count). The minimum atomic E-state index is -3.77. The first-order valence-electron chi connectivity index (χ1n) is 10.5. The molecule has 0 unspecified atom stereocenters. The molecule has 34 heavy (non-hydrogen) atoms. The van der Waals surface area contributed by atoms with E-state index in [9.17, 15) is 13.2 Å². The summed E-state index contributed by atoms with van der Waals surface area (Å²) >= 11 is 1.32. The summed E-state index contributed by atoms with van der Waals surface area (Å²) in [7, 11) is -0.358. The van der Waals surface area contributed by atoms with Crippen LogP contribution in [0.15, 0.2) is 101 Å². The van der Waals surface area contributed by atoms with Crippen LogP contribution in [-0.4, -0.2) is 36.7 Å². The molecule has 4 aromatic rings. The van der Waals surface area contributed by atoms with Gasteiger partial charge in [-0.25, -0.2) is 13.4 Å². The van der Waals surface area contributed by atoms with Crippen molar-refractivity contribution >= 4 is 39.1 Å². The molecule has 1 heterocycles. The van der Waals surface area contributed by atoms with Gasteiger partial charge in [-0.3, -0.25) is 9.10 Å². The fourth-order valence-corrected chi connectivity index (χ4v) is 5.39. The number of imidazole rings is 1. The van der Waals surface area contributed by atoms with Crippen LogP contribution in [0, 0.1) is 0 Å². The lowest BCUT2D eigenvalue weighted by Gasteiger charge is -2.19. The van der Waals surface area contributed by atoms with E-state index in [1.54, 1.807) is 42.6 Å². The summed E-state index contributed by atoms with van der Waals surface area (Å²) < 4.78 is 29.2. The van der Waals surface area contributed by atoms with E-state index in [2.05, 4.69) is 10.3 Å². The van der Waals surface area contributed by atoms with Crippen LogP contribution in [0.1, 0.15) is 0 Å². The minimum Gasteiger partial charge on any atom is -0.325 e. The largest absolute Gasteiger partial charge is 0.325 e. The Hall–Kier alpha value is -3.56. The topological polar surface area (TPSA) is 84.3 Å². The number of hydrogen-bond acceptors (Lipinski definition) is 5. The van der Waals surface area contributed by atoms with Crippen molar-refractivity contribution in [3.63, 3.8) is 0 Å². The second-order valence-corrected chi connectivity index (χ2v) is 10.4. The molecule has 9 heteroatoms. The van der Waals surface area contributed by atoms with Gasteiger partial charge in [0.05, 0.1) is 28.2 Å². The maximum atomic E-state index is 13.0. The van der Waals surface area contributed by atoms with Gasteiger partial charge in [0.15, 0.2) is 5.16 Å². The lowest BCUT2D eigenvalue weighted by atomic mass is 10.2. The molecule has 0 saturated heterocycles. The van der Waals surface area contributed by atoms with E-state index in [4.69, 9.17) is 0 Å². The van der Waals surface area contributed by atoms with E-state index in [-0.39, 0.29) is 16.6 Å². The third-order valence-corrected chi connectivity index (χ3v) is 8.07. The van der Waals surface area contributed by atoms with Crippen LogP contribution >= 0.6 is 11.8 Å². The molecular weight excluding hydrogens is 468 g/mol. The molecule has 7 nitrogen and oxygen atoms in total. The van der Waals surface area contributed by atoms with Crippen LogP contribution in [0.4, 0.5) is 11.4 Å². The van der Waals surface area contributed by atoms with E-state index in [1.165, 1.54) is 35.2 Å². The predicted octanol–water partition coefficient (Wildman–Crippen LogP) is 4.64. The Morgan fingerprint density at radius 3 is 2.38 bits per heavy atom. The Morgan fingerprint density at radius 2 is 1.68 bits per heavy atom. The zero-order chi connectivity index (χ0) is 24.1. The van der Waals surface area contributed by atoms with Crippen molar-refractivity contribution in [1.82, 2.24) is 9.55 Å². The van der Waals surface area contributed by atoms with Gasteiger partial charge in [-0.05, 0) is 35.9 Å². The number of amides is 1. The Morgan fingerprint density at radius 1 is 1.00 bits per heavy atom. The van der Waals surface area contributed by atoms with Crippen LogP contribution < -0.4 is 9.62 Å². The maximum Gasteiger partial charge on any atom is 0.264 e. The highest BCUT2D eigenvalue weighted by molar-refractivity contribution is 7.99. The summed E-state index contributed by atoms with van der Waals surface area (Å²) in [5.41, 5.74) is 2.98. The van der Waals surface area contributed by atoms with Gasteiger partial charge in [0.1, 0.15) is 0 Å². The number of hydrogen-bond donors (Lipinski definition) is 1. The van der Waals surface area contributed by atoms with E-state index < -0.39 is 10.0 Å². The fourth-order valence-electron chi connectivity index (χ4n) is 3.40. The summed E-state index contributed by atoms with van der Waals surface area (Å²) in [4.78, 5) is 17.1. The normalized spacial score (nSPS) is 11.2. The van der Waals surface area contributed by atoms with Crippen molar-refractivity contribution in [1.29, 1.82) is 0 Å². The van der Waals surface area contributed by atoms with Crippen molar-refractivity contribution in [3.05, 3.63) is 91.1 Å². The summed E-state index contributed by atoms with van der Waals surface area (Å²) in [6, 6.07) is 25.0. The van der Waals surface area contributed by atoms with Crippen molar-refractivity contribution < 1.29 is 13.2 Å². The van der Waals surface area contributed by atoms with E-state index >= 15 is 0 Å². The van der Waals surface area contributed by atoms with Crippen molar-refractivity contribution in [2.24, 2.45) is 7.05 Å². The molecule has 0 fully saturated rings. The number of thioether (sulfide) groups is 1. The van der Waals surface area contributed by atoms with Gasteiger partial charge < -0.3 is 9.88 Å². The second-order valence-electron chi connectivity index (χ2n) is 7.52. The number of carbonyl (C=O) groups is 1. The smallest absolute Gasteiger partial charge is 0.264 e. The average molecular weight is 493 g/mol. The Labute approximate surface area is 203 Å². The number of carbonyl (C=O) groups excluding carboxylic acids is 1. The Balaban J connectivity index is 1.42. The highest BCUT2D eigenvalue weighted by atomic mass is 32.2.